The Balaban J connectivity index is 1.91. The minimum absolute atomic E-state index is 0.0998. The van der Waals surface area contributed by atoms with Crippen LogP contribution in [0.25, 0.3) is 27.0 Å². The van der Waals surface area contributed by atoms with E-state index in [1.54, 1.807) is 36.4 Å². The van der Waals surface area contributed by atoms with Gasteiger partial charge in [0.15, 0.2) is 10.9 Å². The van der Waals surface area contributed by atoms with Gasteiger partial charge in [-0.2, -0.15) is 5.26 Å². The maximum absolute atomic E-state index is 13.8. The van der Waals surface area contributed by atoms with Crippen molar-refractivity contribution in [3.8, 4) is 22.9 Å². The van der Waals surface area contributed by atoms with E-state index in [-0.39, 0.29) is 28.4 Å². The third-order valence-electron chi connectivity index (χ3n) is 5.14. The average Bonchev–Trinajstić information content (AvgIpc) is 3.15. The molecule has 0 aliphatic rings. The fraction of sp³-hybridized carbons (Fsp3) is 0.120. The van der Waals surface area contributed by atoms with E-state index in [1.807, 2.05) is 19.1 Å². The van der Waals surface area contributed by atoms with Crippen LogP contribution >= 0.6 is 23.1 Å². The first kappa shape index (κ1) is 23.4. The Morgan fingerprint density at radius 1 is 1.21 bits per heavy atom. The molecule has 2 aromatic carbocycles. The molecule has 2 aromatic heterocycles. The molecule has 0 atom stereocenters. The van der Waals surface area contributed by atoms with Crippen LogP contribution in [0.3, 0.4) is 0 Å². The number of aromatic nitrogens is 2. The number of carbonyl (C=O) groups is 1. The molecule has 0 aliphatic heterocycles. The molecule has 170 valence electrons. The van der Waals surface area contributed by atoms with Gasteiger partial charge in [0.1, 0.15) is 22.3 Å². The minimum Gasteiger partial charge on any atom is -0.401 e. The average molecular weight is 491 g/mol. The number of halogens is 1. The molecule has 34 heavy (non-hydrogen) atoms. The van der Waals surface area contributed by atoms with Gasteiger partial charge in [-0.15, -0.1) is 11.3 Å². The van der Waals surface area contributed by atoms with Crippen LogP contribution in [0.4, 0.5) is 4.39 Å². The third-order valence-corrected chi connectivity index (χ3v) is 7.07. The highest BCUT2D eigenvalue weighted by atomic mass is 32.2. The highest BCUT2D eigenvalue weighted by Gasteiger charge is 2.22. The number of fused-ring (bicyclic) bond motifs is 1. The summed E-state index contributed by atoms with van der Waals surface area (Å²) in [7, 11) is 0. The van der Waals surface area contributed by atoms with Crippen molar-refractivity contribution < 1.29 is 9.18 Å². The Kier molecular flexibility index (Phi) is 6.63. The van der Waals surface area contributed by atoms with E-state index in [0.29, 0.717) is 26.6 Å². The number of thiophene rings is 1. The number of Topliss-reactive ketones (excluding diaryl/α,β-unsaturated/α-hetero) is 1. The number of nitrogens with two attached hydrogens (primary N) is 1. The Morgan fingerprint density at radius 2 is 1.88 bits per heavy atom. The normalized spacial score (nSPS) is 11.8. The molecule has 0 fully saturated rings. The summed E-state index contributed by atoms with van der Waals surface area (Å²) in [6.07, 6.45) is 0. The molecule has 6 nitrogen and oxygen atoms in total. The predicted molar refractivity (Wildman–Crippen MR) is 134 cm³/mol. The Labute approximate surface area is 203 Å². The molecule has 0 unspecified atom stereocenters. The van der Waals surface area contributed by atoms with Crippen LogP contribution in [-0.4, -0.2) is 21.1 Å². The van der Waals surface area contributed by atoms with Crippen molar-refractivity contribution in [3.05, 3.63) is 86.9 Å². The summed E-state index contributed by atoms with van der Waals surface area (Å²) in [6.45, 7) is 3.39. The van der Waals surface area contributed by atoms with Gasteiger partial charge in [-0.3, -0.25) is 14.2 Å². The van der Waals surface area contributed by atoms with Crippen LogP contribution in [0.2, 0.25) is 0 Å². The SMILES string of the molecule is C/C(N)=C(/C#N)C(=O)CSc1nc2sc(C)c(-c3ccc(F)cc3)c2c(=O)n1-c1ccccc1. The van der Waals surface area contributed by atoms with E-state index >= 15 is 0 Å². The number of rotatable bonds is 6. The molecule has 0 radical (unpaired) electrons. The number of nitriles is 1. The number of aryl methyl sites for hydroxylation is 1. The zero-order valence-corrected chi connectivity index (χ0v) is 20.0. The first-order valence-corrected chi connectivity index (χ1v) is 12.0. The second kappa shape index (κ2) is 9.63. The number of para-hydroxylation sites is 1. The zero-order chi connectivity index (χ0) is 24.4. The first-order valence-electron chi connectivity index (χ1n) is 10.2. The van der Waals surface area contributed by atoms with E-state index in [2.05, 4.69) is 0 Å². The fourth-order valence-corrected chi connectivity index (χ4v) is 5.55. The second-order valence-corrected chi connectivity index (χ2v) is 9.62. The summed E-state index contributed by atoms with van der Waals surface area (Å²) in [4.78, 5) is 32.5. The summed E-state index contributed by atoms with van der Waals surface area (Å²) < 4.78 is 15.0. The molecular weight excluding hydrogens is 471 g/mol. The molecule has 0 aliphatic carbocycles. The number of thioether (sulfide) groups is 1. The van der Waals surface area contributed by atoms with Gasteiger partial charge in [-0.1, -0.05) is 42.1 Å². The molecule has 2 heterocycles. The maximum Gasteiger partial charge on any atom is 0.268 e. The van der Waals surface area contributed by atoms with Crippen LogP contribution in [0.5, 0.6) is 0 Å². The summed E-state index contributed by atoms with van der Waals surface area (Å²) in [6, 6.07) is 16.8. The van der Waals surface area contributed by atoms with Crippen LogP contribution in [0, 0.1) is 24.1 Å². The number of hydrogen-bond acceptors (Lipinski definition) is 7. The maximum atomic E-state index is 13.8. The Hall–Kier alpha value is -3.74. The van der Waals surface area contributed by atoms with Crippen molar-refractivity contribution >= 4 is 39.1 Å². The van der Waals surface area contributed by atoms with E-state index in [4.69, 9.17) is 10.7 Å². The molecule has 2 N–H and O–H groups in total. The van der Waals surface area contributed by atoms with Gasteiger partial charge >= 0.3 is 0 Å². The van der Waals surface area contributed by atoms with Gasteiger partial charge in [0.2, 0.25) is 0 Å². The number of hydrogen-bond donors (Lipinski definition) is 1. The third kappa shape index (κ3) is 4.38. The molecule has 0 amide bonds. The van der Waals surface area contributed by atoms with Crippen LogP contribution in [0.15, 0.2) is 75.8 Å². The highest BCUT2D eigenvalue weighted by Crippen LogP contribution is 2.37. The van der Waals surface area contributed by atoms with Crippen LogP contribution < -0.4 is 11.3 Å². The Morgan fingerprint density at radius 3 is 2.50 bits per heavy atom. The molecule has 0 saturated heterocycles. The summed E-state index contributed by atoms with van der Waals surface area (Å²) in [5.41, 5.74) is 7.44. The standard InChI is InChI=1S/C25H19FN4O2S2/c1-14(28)19(12-27)20(31)13-33-25-29-23-22(24(32)30(25)18-6-4-3-5-7-18)21(15(2)34-23)16-8-10-17(26)11-9-16/h3-11H,13,28H2,1-2H3/b19-14+. The number of benzene rings is 2. The molecule has 9 heteroatoms. The molecular formula is C25H19FN4O2S2. The minimum atomic E-state index is -0.434. The summed E-state index contributed by atoms with van der Waals surface area (Å²) in [5.74, 6) is -0.893. The smallest absolute Gasteiger partial charge is 0.268 e. The number of allylic oxidation sites excluding steroid dienone is 2. The lowest BCUT2D eigenvalue weighted by Crippen LogP contribution is -2.22. The zero-order valence-electron chi connectivity index (χ0n) is 18.3. The molecule has 4 rings (SSSR count). The van der Waals surface area contributed by atoms with Gasteiger partial charge < -0.3 is 5.73 Å². The molecule has 0 bridgehead atoms. The predicted octanol–water partition coefficient (Wildman–Crippen LogP) is 4.98. The monoisotopic (exact) mass is 490 g/mol. The summed E-state index contributed by atoms with van der Waals surface area (Å²) >= 11 is 2.43. The van der Waals surface area contributed by atoms with E-state index in [0.717, 1.165) is 22.2 Å². The van der Waals surface area contributed by atoms with E-state index in [1.165, 1.54) is 35.0 Å². The first-order chi connectivity index (χ1) is 16.3. The summed E-state index contributed by atoms with van der Waals surface area (Å²) in [5, 5.41) is 9.99. The van der Waals surface area contributed by atoms with Crippen molar-refractivity contribution in [3.63, 3.8) is 0 Å². The van der Waals surface area contributed by atoms with Crippen molar-refractivity contribution in [2.75, 3.05) is 5.75 Å². The number of nitrogens with zero attached hydrogens (tertiary/aromatic N) is 3. The van der Waals surface area contributed by atoms with Crippen molar-refractivity contribution in [1.82, 2.24) is 9.55 Å². The number of ketones is 1. The quantitative estimate of drug-likeness (QED) is 0.177. The largest absolute Gasteiger partial charge is 0.401 e. The van der Waals surface area contributed by atoms with Crippen LogP contribution in [-0.2, 0) is 4.79 Å². The van der Waals surface area contributed by atoms with Gasteiger partial charge in [0, 0.05) is 16.1 Å². The molecule has 4 aromatic rings. The molecule has 0 saturated carbocycles. The molecule has 0 spiro atoms. The van der Waals surface area contributed by atoms with Crippen molar-refractivity contribution in [2.24, 2.45) is 5.73 Å². The number of carbonyl (C=O) groups excluding carboxylic acids is 1. The highest BCUT2D eigenvalue weighted by molar-refractivity contribution is 7.99. The Bertz CT molecular complexity index is 1530. The lowest BCUT2D eigenvalue weighted by molar-refractivity contribution is -0.112. The lowest BCUT2D eigenvalue weighted by Gasteiger charge is -2.12. The van der Waals surface area contributed by atoms with Gasteiger partial charge in [0.25, 0.3) is 5.56 Å². The second-order valence-electron chi connectivity index (χ2n) is 7.47. The van der Waals surface area contributed by atoms with E-state index < -0.39 is 5.78 Å². The van der Waals surface area contributed by atoms with Gasteiger partial charge in [-0.25, -0.2) is 9.37 Å². The van der Waals surface area contributed by atoms with Crippen LogP contribution in [0.1, 0.15) is 11.8 Å². The van der Waals surface area contributed by atoms with E-state index in [9.17, 15) is 19.2 Å². The lowest BCUT2D eigenvalue weighted by atomic mass is 10.0. The van der Waals surface area contributed by atoms with Gasteiger partial charge in [-0.05, 0) is 43.7 Å². The van der Waals surface area contributed by atoms with Crippen molar-refractivity contribution in [2.45, 2.75) is 19.0 Å². The topological polar surface area (TPSA) is 102 Å². The fourth-order valence-electron chi connectivity index (χ4n) is 3.58. The van der Waals surface area contributed by atoms with Gasteiger partial charge in [0.05, 0.1) is 16.8 Å². The van der Waals surface area contributed by atoms with Crippen molar-refractivity contribution in [1.29, 1.82) is 5.26 Å².